The van der Waals surface area contributed by atoms with Crippen LogP contribution < -0.4 is 10.6 Å². The van der Waals surface area contributed by atoms with Crippen LogP contribution in [0.4, 0.5) is 0 Å². The first kappa shape index (κ1) is 22.7. The summed E-state index contributed by atoms with van der Waals surface area (Å²) in [4.78, 5) is 4.39. The first-order valence-corrected chi connectivity index (χ1v) is 9.70. The number of nitrogens with one attached hydrogen (secondary N) is 2. The van der Waals surface area contributed by atoms with Gasteiger partial charge < -0.3 is 15.4 Å². The summed E-state index contributed by atoms with van der Waals surface area (Å²) in [5.74, 6) is 0.838. The van der Waals surface area contributed by atoms with Crippen LogP contribution in [-0.2, 0) is 11.3 Å². The van der Waals surface area contributed by atoms with Crippen LogP contribution in [0.3, 0.4) is 0 Å². The summed E-state index contributed by atoms with van der Waals surface area (Å²) in [6, 6.07) is 10.3. The Morgan fingerprint density at radius 3 is 2.64 bits per heavy atom. The minimum absolute atomic E-state index is 0. The predicted octanol–water partition coefficient (Wildman–Crippen LogP) is 3.67. The molecular weight excluding hydrogens is 465 g/mol. The molecule has 1 aliphatic rings. The molecule has 1 heterocycles. The van der Waals surface area contributed by atoms with E-state index in [0.717, 1.165) is 36.9 Å². The molecule has 0 aliphatic heterocycles. The summed E-state index contributed by atoms with van der Waals surface area (Å²) < 4.78 is 7.21. The Morgan fingerprint density at radius 2 is 2.04 bits per heavy atom. The van der Waals surface area contributed by atoms with Crippen molar-refractivity contribution in [1.29, 1.82) is 0 Å². The molecule has 1 aromatic carbocycles. The highest BCUT2D eigenvalue weighted by atomic mass is 127. The van der Waals surface area contributed by atoms with Gasteiger partial charge in [0, 0.05) is 40.1 Å². The monoisotopic (exact) mass is 497 g/mol. The zero-order valence-corrected chi connectivity index (χ0v) is 19.4. The zero-order valence-electron chi connectivity index (χ0n) is 17.1. The van der Waals surface area contributed by atoms with Crippen molar-refractivity contribution in [3.63, 3.8) is 0 Å². The standard InChI is InChI=1S/C21H31N5O.HI/c1-17-9-13-26(25-17)19-8-5-4-7-18(19)15-23-20(22-2)24-16-21(10-6-11-21)12-14-27-3;/h4-5,7-9,13H,6,10-12,14-16H2,1-3H3,(H2,22,23,24);1H. The maximum Gasteiger partial charge on any atom is 0.191 e. The summed E-state index contributed by atoms with van der Waals surface area (Å²) >= 11 is 0. The molecule has 0 saturated heterocycles. The van der Waals surface area contributed by atoms with E-state index in [4.69, 9.17) is 4.74 Å². The maximum atomic E-state index is 5.29. The largest absolute Gasteiger partial charge is 0.385 e. The Kier molecular flexibility index (Phi) is 8.75. The van der Waals surface area contributed by atoms with Crippen LogP contribution in [0.2, 0.25) is 0 Å². The number of rotatable bonds is 8. The van der Waals surface area contributed by atoms with E-state index in [9.17, 15) is 0 Å². The predicted molar refractivity (Wildman–Crippen MR) is 125 cm³/mol. The van der Waals surface area contributed by atoms with Crippen molar-refractivity contribution in [2.24, 2.45) is 10.4 Å². The van der Waals surface area contributed by atoms with Crippen molar-refractivity contribution in [1.82, 2.24) is 20.4 Å². The number of aliphatic imine (C=N–C) groups is 1. The van der Waals surface area contributed by atoms with E-state index in [1.165, 1.54) is 24.8 Å². The quantitative estimate of drug-likeness (QED) is 0.332. The molecule has 6 nitrogen and oxygen atoms in total. The van der Waals surface area contributed by atoms with Crippen LogP contribution in [0.1, 0.15) is 36.9 Å². The molecule has 7 heteroatoms. The lowest BCUT2D eigenvalue weighted by atomic mass is 9.67. The Morgan fingerprint density at radius 1 is 1.25 bits per heavy atom. The van der Waals surface area contributed by atoms with Gasteiger partial charge in [-0.15, -0.1) is 24.0 Å². The minimum atomic E-state index is 0. The second-order valence-electron chi connectivity index (χ2n) is 7.41. The van der Waals surface area contributed by atoms with Crippen LogP contribution in [0, 0.1) is 12.3 Å². The number of aromatic nitrogens is 2. The minimum Gasteiger partial charge on any atom is -0.385 e. The van der Waals surface area contributed by atoms with Crippen LogP contribution in [0.5, 0.6) is 0 Å². The fraction of sp³-hybridized carbons (Fsp3) is 0.524. The van der Waals surface area contributed by atoms with Gasteiger partial charge in [0.05, 0.1) is 11.4 Å². The fourth-order valence-electron chi connectivity index (χ4n) is 3.61. The molecule has 3 rings (SSSR count). The number of guanidine groups is 1. The molecule has 1 fully saturated rings. The lowest BCUT2D eigenvalue weighted by Gasteiger charge is -2.42. The number of methoxy groups -OCH3 is 1. The molecule has 28 heavy (non-hydrogen) atoms. The molecule has 1 aliphatic carbocycles. The Hall–Kier alpha value is -1.61. The molecular formula is C21H32IN5O. The van der Waals surface area contributed by atoms with Gasteiger partial charge >= 0.3 is 0 Å². The summed E-state index contributed by atoms with van der Waals surface area (Å²) in [6.07, 6.45) is 6.95. The highest BCUT2D eigenvalue weighted by Crippen LogP contribution is 2.43. The third-order valence-corrected chi connectivity index (χ3v) is 5.51. The second kappa shape index (κ2) is 10.8. The third kappa shape index (κ3) is 5.70. The summed E-state index contributed by atoms with van der Waals surface area (Å²) in [5.41, 5.74) is 3.64. The number of ether oxygens (including phenoxy) is 1. The smallest absolute Gasteiger partial charge is 0.191 e. The normalized spacial score (nSPS) is 15.5. The van der Waals surface area contributed by atoms with E-state index in [0.29, 0.717) is 12.0 Å². The summed E-state index contributed by atoms with van der Waals surface area (Å²) in [7, 11) is 3.60. The topological polar surface area (TPSA) is 63.5 Å². The van der Waals surface area contributed by atoms with Crippen LogP contribution >= 0.6 is 24.0 Å². The third-order valence-electron chi connectivity index (χ3n) is 5.51. The van der Waals surface area contributed by atoms with Gasteiger partial charge in [-0.2, -0.15) is 5.10 Å². The number of aryl methyl sites for hydroxylation is 1. The summed E-state index contributed by atoms with van der Waals surface area (Å²) in [6.45, 7) is 4.46. The lowest BCUT2D eigenvalue weighted by Crippen LogP contribution is -2.46. The Bertz CT molecular complexity index is 770. The van der Waals surface area contributed by atoms with Gasteiger partial charge in [-0.25, -0.2) is 4.68 Å². The number of benzene rings is 1. The van der Waals surface area contributed by atoms with E-state index in [1.807, 2.05) is 37.0 Å². The SMILES string of the molecule is CN=C(NCc1ccccc1-n1ccc(C)n1)NCC1(CCOC)CCC1.I. The molecule has 2 aromatic rings. The first-order chi connectivity index (χ1) is 13.2. The van der Waals surface area contributed by atoms with E-state index >= 15 is 0 Å². The molecule has 154 valence electrons. The lowest BCUT2D eigenvalue weighted by molar-refractivity contribution is 0.0732. The first-order valence-electron chi connectivity index (χ1n) is 9.70. The van der Waals surface area contributed by atoms with Gasteiger partial charge in [0.15, 0.2) is 5.96 Å². The van der Waals surface area contributed by atoms with E-state index in [2.05, 4.69) is 38.9 Å². The zero-order chi connectivity index (χ0) is 19.1. The van der Waals surface area contributed by atoms with Crippen molar-refractivity contribution in [2.75, 3.05) is 27.3 Å². The number of hydrogen-bond donors (Lipinski definition) is 2. The molecule has 0 unspecified atom stereocenters. The average molecular weight is 497 g/mol. The van der Waals surface area contributed by atoms with Crippen LogP contribution in [0.15, 0.2) is 41.5 Å². The van der Waals surface area contributed by atoms with Gasteiger partial charge in [-0.3, -0.25) is 4.99 Å². The van der Waals surface area contributed by atoms with E-state index in [-0.39, 0.29) is 24.0 Å². The Balaban J connectivity index is 0.00000280. The fourth-order valence-corrected chi connectivity index (χ4v) is 3.61. The van der Waals surface area contributed by atoms with E-state index < -0.39 is 0 Å². The highest BCUT2D eigenvalue weighted by molar-refractivity contribution is 14.0. The van der Waals surface area contributed by atoms with Crippen molar-refractivity contribution in [3.8, 4) is 5.69 Å². The molecule has 0 spiro atoms. The van der Waals surface area contributed by atoms with Gasteiger partial charge in [0.2, 0.25) is 0 Å². The molecule has 2 N–H and O–H groups in total. The van der Waals surface area contributed by atoms with E-state index in [1.54, 1.807) is 7.11 Å². The van der Waals surface area contributed by atoms with Gasteiger partial charge in [0.1, 0.15) is 0 Å². The maximum absolute atomic E-state index is 5.29. The van der Waals surface area contributed by atoms with Gasteiger partial charge in [-0.05, 0) is 49.3 Å². The van der Waals surface area contributed by atoms with Gasteiger partial charge in [0.25, 0.3) is 0 Å². The molecule has 0 radical (unpaired) electrons. The van der Waals surface area contributed by atoms with Crippen LogP contribution in [-0.4, -0.2) is 43.0 Å². The number of hydrogen-bond acceptors (Lipinski definition) is 3. The second-order valence-corrected chi connectivity index (χ2v) is 7.41. The molecule has 0 atom stereocenters. The highest BCUT2D eigenvalue weighted by Gasteiger charge is 2.36. The molecule has 0 amide bonds. The van der Waals surface area contributed by atoms with Crippen LogP contribution in [0.25, 0.3) is 5.69 Å². The van der Waals surface area contributed by atoms with Gasteiger partial charge in [-0.1, -0.05) is 24.6 Å². The molecule has 1 saturated carbocycles. The van der Waals surface area contributed by atoms with Crippen molar-refractivity contribution in [2.45, 2.75) is 39.2 Å². The number of halogens is 1. The Labute approximate surface area is 185 Å². The number of para-hydroxylation sites is 1. The van der Waals surface area contributed by atoms with Crippen molar-refractivity contribution >= 4 is 29.9 Å². The molecule has 0 bridgehead atoms. The summed E-state index contributed by atoms with van der Waals surface area (Å²) in [5, 5.41) is 11.5. The number of nitrogens with zero attached hydrogens (tertiary/aromatic N) is 3. The van der Waals surface area contributed by atoms with Crippen molar-refractivity contribution in [3.05, 3.63) is 47.8 Å². The molecule has 1 aromatic heterocycles. The average Bonchev–Trinajstić information content (AvgIpc) is 3.09. The van der Waals surface area contributed by atoms with Crippen molar-refractivity contribution < 1.29 is 4.74 Å².